The number of hydrogen-bond acceptors (Lipinski definition) is 3. The van der Waals surface area contributed by atoms with Gasteiger partial charge in [-0.05, 0) is 18.6 Å². The highest BCUT2D eigenvalue weighted by molar-refractivity contribution is 7.99. The van der Waals surface area contributed by atoms with Crippen molar-refractivity contribution in [3.63, 3.8) is 0 Å². The van der Waals surface area contributed by atoms with E-state index in [1.807, 2.05) is 26.2 Å². The second kappa shape index (κ2) is 7.13. The van der Waals surface area contributed by atoms with Gasteiger partial charge in [-0.3, -0.25) is 0 Å². The molecular weight excluding hydrogens is 211 g/mol. The lowest BCUT2D eigenvalue weighted by Crippen LogP contribution is -1.95. The zero-order valence-electron chi connectivity index (χ0n) is 9.39. The summed E-state index contributed by atoms with van der Waals surface area (Å²) in [6.45, 7) is 5.64. The van der Waals surface area contributed by atoms with E-state index in [4.69, 9.17) is 5.26 Å². The number of aryl methyl sites for hydroxylation is 1. The van der Waals surface area contributed by atoms with Gasteiger partial charge in [-0.25, -0.2) is 4.39 Å². The highest BCUT2D eigenvalue weighted by atomic mass is 32.2. The third-order valence-electron chi connectivity index (χ3n) is 1.66. The molecule has 0 bridgehead atoms. The summed E-state index contributed by atoms with van der Waals surface area (Å²) >= 11 is 1.33. The molecular formula is C11H15FN2S. The van der Waals surface area contributed by atoms with Crippen LogP contribution < -0.4 is 4.72 Å². The molecule has 0 saturated carbocycles. The maximum Gasteiger partial charge on any atom is 0.146 e. The number of nitriles is 1. The average molecular weight is 226 g/mol. The summed E-state index contributed by atoms with van der Waals surface area (Å²) in [6.07, 6.45) is 1.82. The van der Waals surface area contributed by atoms with Gasteiger partial charge in [-0.2, -0.15) is 5.26 Å². The van der Waals surface area contributed by atoms with E-state index in [1.54, 1.807) is 19.1 Å². The summed E-state index contributed by atoms with van der Waals surface area (Å²) in [6, 6.07) is 5.19. The van der Waals surface area contributed by atoms with E-state index in [2.05, 4.69) is 4.72 Å². The molecule has 0 amide bonds. The molecule has 0 aliphatic carbocycles. The second-order valence-corrected chi connectivity index (χ2v) is 3.15. The Morgan fingerprint density at radius 2 is 2.00 bits per heavy atom. The summed E-state index contributed by atoms with van der Waals surface area (Å²) in [7, 11) is 0. The van der Waals surface area contributed by atoms with Gasteiger partial charge >= 0.3 is 0 Å². The minimum Gasteiger partial charge on any atom is -0.329 e. The van der Waals surface area contributed by atoms with Crippen LogP contribution in [0.2, 0.25) is 0 Å². The summed E-state index contributed by atoms with van der Waals surface area (Å²) in [5.41, 5.74) is 1.09. The number of nitrogens with zero attached hydrogens (tertiary/aromatic N) is 1. The lowest BCUT2D eigenvalue weighted by molar-refractivity contribution is 0.615. The largest absolute Gasteiger partial charge is 0.329 e. The van der Waals surface area contributed by atoms with E-state index in [-0.39, 0.29) is 5.56 Å². The lowest BCUT2D eigenvalue weighted by Gasteiger charge is -2.06. The van der Waals surface area contributed by atoms with Gasteiger partial charge in [-0.15, -0.1) is 0 Å². The Kier molecular flexibility index (Phi) is 6.56. The summed E-state index contributed by atoms with van der Waals surface area (Å²) in [5, 5.41) is 8.71. The fourth-order valence-corrected chi connectivity index (χ4v) is 1.37. The first-order chi connectivity index (χ1) is 7.20. The van der Waals surface area contributed by atoms with E-state index in [1.165, 1.54) is 11.9 Å². The van der Waals surface area contributed by atoms with Crippen LogP contribution in [0.1, 0.15) is 25.0 Å². The van der Waals surface area contributed by atoms with E-state index in [0.717, 1.165) is 0 Å². The number of hydrogen-bond donors (Lipinski definition) is 1. The molecule has 0 heterocycles. The van der Waals surface area contributed by atoms with Gasteiger partial charge in [-0.1, -0.05) is 31.9 Å². The van der Waals surface area contributed by atoms with Crippen molar-refractivity contribution in [1.82, 2.24) is 0 Å². The van der Waals surface area contributed by atoms with E-state index < -0.39 is 5.82 Å². The van der Waals surface area contributed by atoms with Crippen molar-refractivity contribution < 1.29 is 4.39 Å². The number of rotatable bonds is 2. The van der Waals surface area contributed by atoms with Crippen molar-refractivity contribution in [2.75, 3.05) is 11.0 Å². The molecule has 0 aliphatic heterocycles. The number of anilines is 1. The molecule has 1 rings (SSSR count). The molecule has 0 aliphatic rings. The number of halogens is 1. The Labute approximate surface area is 94.6 Å². The molecule has 0 spiro atoms. The molecule has 0 radical (unpaired) electrons. The van der Waals surface area contributed by atoms with Crippen molar-refractivity contribution in [2.45, 2.75) is 20.8 Å². The molecule has 4 heteroatoms. The van der Waals surface area contributed by atoms with E-state index >= 15 is 0 Å². The van der Waals surface area contributed by atoms with Crippen LogP contribution in [0.4, 0.5) is 10.1 Å². The van der Waals surface area contributed by atoms with Crippen molar-refractivity contribution in [2.24, 2.45) is 0 Å². The van der Waals surface area contributed by atoms with Crippen LogP contribution in [-0.4, -0.2) is 6.26 Å². The van der Waals surface area contributed by atoms with Gasteiger partial charge in [0.1, 0.15) is 17.4 Å². The minimum atomic E-state index is -0.443. The maximum absolute atomic E-state index is 13.3. The highest BCUT2D eigenvalue weighted by Crippen LogP contribution is 2.22. The minimum absolute atomic E-state index is 0.0781. The lowest BCUT2D eigenvalue weighted by atomic mass is 10.1. The van der Waals surface area contributed by atoms with Gasteiger partial charge in [0.25, 0.3) is 0 Å². The summed E-state index contributed by atoms with van der Waals surface area (Å²) < 4.78 is 16.2. The molecule has 0 aromatic heterocycles. The molecule has 1 N–H and O–H groups in total. The van der Waals surface area contributed by atoms with Gasteiger partial charge in [0.05, 0.1) is 5.69 Å². The zero-order chi connectivity index (χ0) is 11.8. The highest BCUT2D eigenvalue weighted by Gasteiger charge is 2.09. The van der Waals surface area contributed by atoms with E-state index in [9.17, 15) is 4.39 Å². The molecule has 15 heavy (non-hydrogen) atoms. The normalized spacial score (nSPS) is 8.53. The quantitative estimate of drug-likeness (QED) is 0.781. The van der Waals surface area contributed by atoms with Crippen LogP contribution in [-0.2, 0) is 0 Å². The summed E-state index contributed by atoms with van der Waals surface area (Å²) in [5.74, 6) is -0.443. The Hall–Kier alpha value is -1.21. The Balaban J connectivity index is 0.000000921. The molecule has 0 saturated heterocycles. The van der Waals surface area contributed by atoms with Gasteiger partial charge in [0.15, 0.2) is 0 Å². The predicted octanol–water partition coefficient (Wildman–Crippen LogP) is 3.72. The molecule has 1 aromatic rings. The third-order valence-corrected chi connectivity index (χ3v) is 2.08. The molecule has 82 valence electrons. The maximum atomic E-state index is 13.3. The smallest absolute Gasteiger partial charge is 0.146 e. The molecule has 0 atom stereocenters. The number of benzene rings is 1. The van der Waals surface area contributed by atoms with Crippen molar-refractivity contribution in [3.05, 3.63) is 29.1 Å². The molecule has 1 aromatic carbocycles. The monoisotopic (exact) mass is 226 g/mol. The van der Waals surface area contributed by atoms with Crippen LogP contribution in [0.3, 0.4) is 0 Å². The predicted molar refractivity (Wildman–Crippen MR) is 64.3 cm³/mol. The fourth-order valence-electron chi connectivity index (χ4n) is 0.985. The standard InChI is InChI=1S/C9H9FN2S.C2H6/c1-6-3-4-8(12-13-2)7(5-11)9(6)10;1-2/h3-4,12H,1-2H3;1-2H3. The first-order valence-corrected chi connectivity index (χ1v) is 5.91. The van der Waals surface area contributed by atoms with Crippen molar-refractivity contribution in [3.8, 4) is 6.07 Å². The number of nitrogens with one attached hydrogen (secondary N) is 1. The Bertz CT molecular complexity index is 358. The van der Waals surface area contributed by atoms with E-state index in [0.29, 0.717) is 11.3 Å². The van der Waals surface area contributed by atoms with Gasteiger partial charge in [0.2, 0.25) is 0 Å². The molecule has 0 unspecified atom stereocenters. The SMILES string of the molecule is CC.CSNc1ccc(C)c(F)c1C#N. The fraction of sp³-hybridized carbons (Fsp3) is 0.364. The van der Waals surface area contributed by atoms with Gasteiger partial charge in [0, 0.05) is 6.26 Å². The van der Waals surface area contributed by atoms with Crippen LogP contribution >= 0.6 is 11.9 Å². The molecule has 2 nitrogen and oxygen atoms in total. The van der Waals surface area contributed by atoms with Crippen molar-refractivity contribution in [1.29, 1.82) is 5.26 Å². The Morgan fingerprint density at radius 1 is 1.40 bits per heavy atom. The first-order valence-electron chi connectivity index (χ1n) is 4.69. The van der Waals surface area contributed by atoms with Gasteiger partial charge < -0.3 is 4.72 Å². The van der Waals surface area contributed by atoms with Crippen LogP contribution in [0.15, 0.2) is 12.1 Å². The van der Waals surface area contributed by atoms with Crippen LogP contribution in [0.5, 0.6) is 0 Å². The average Bonchev–Trinajstić information content (AvgIpc) is 2.27. The molecule has 0 fully saturated rings. The van der Waals surface area contributed by atoms with Crippen LogP contribution in [0, 0.1) is 24.1 Å². The Morgan fingerprint density at radius 3 is 2.47 bits per heavy atom. The zero-order valence-corrected chi connectivity index (χ0v) is 10.2. The summed E-state index contributed by atoms with van der Waals surface area (Å²) in [4.78, 5) is 0. The third kappa shape index (κ3) is 3.45. The second-order valence-electron chi connectivity index (χ2n) is 2.54. The van der Waals surface area contributed by atoms with Crippen LogP contribution in [0.25, 0.3) is 0 Å². The first kappa shape index (κ1) is 13.8. The van der Waals surface area contributed by atoms with Crippen molar-refractivity contribution >= 4 is 17.6 Å². The topological polar surface area (TPSA) is 35.8 Å².